The second kappa shape index (κ2) is 6.27. The van der Waals surface area contributed by atoms with Gasteiger partial charge in [-0.3, -0.25) is 9.88 Å². The van der Waals surface area contributed by atoms with Crippen molar-refractivity contribution in [3.63, 3.8) is 0 Å². The van der Waals surface area contributed by atoms with Crippen LogP contribution in [0.4, 0.5) is 0 Å². The number of nitrogens with two attached hydrogens (primary N) is 1. The van der Waals surface area contributed by atoms with Crippen LogP contribution >= 0.6 is 0 Å². The Bertz CT molecular complexity index is 348. The Morgan fingerprint density at radius 3 is 2.33 bits per heavy atom. The number of hydrogen-bond donors (Lipinski definition) is 2. The van der Waals surface area contributed by atoms with Crippen LogP contribution in [0, 0.1) is 5.41 Å². The van der Waals surface area contributed by atoms with Crippen molar-refractivity contribution in [2.24, 2.45) is 11.1 Å². The number of rotatable bonds is 5. The number of hydrogen-bond acceptors (Lipinski definition) is 4. The summed E-state index contributed by atoms with van der Waals surface area (Å²) in [5.41, 5.74) is 7.39. The monoisotopic (exact) mass is 251 g/mol. The summed E-state index contributed by atoms with van der Waals surface area (Å²) in [4.78, 5) is 6.10. The third kappa shape index (κ3) is 4.05. The van der Waals surface area contributed by atoms with Crippen LogP contribution in [0.25, 0.3) is 0 Å². The SMILES string of the molecule is CN(Cc1ccncc1)C(CO)C(N)C(C)(C)C. The lowest BCUT2D eigenvalue weighted by molar-refractivity contribution is 0.0843. The molecule has 0 fully saturated rings. The van der Waals surface area contributed by atoms with Gasteiger partial charge in [-0.15, -0.1) is 0 Å². The van der Waals surface area contributed by atoms with Gasteiger partial charge in [0.2, 0.25) is 0 Å². The fourth-order valence-corrected chi connectivity index (χ4v) is 2.00. The molecular formula is C14H25N3O. The summed E-state index contributed by atoms with van der Waals surface area (Å²) in [7, 11) is 1.99. The summed E-state index contributed by atoms with van der Waals surface area (Å²) in [6, 6.07) is 3.84. The van der Waals surface area contributed by atoms with Crippen LogP contribution in [0.3, 0.4) is 0 Å². The van der Waals surface area contributed by atoms with Crippen molar-refractivity contribution in [1.29, 1.82) is 0 Å². The first kappa shape index (κ1) is 15.1. The molecule has 102 valence electrons. The highest BCUT2D eigenvalue weighted by Crippen LogP contribution is 2.22. The molecule has 0 aromatic carbocycles. The molecule has 0 amide bonds. The van der Waals surface area contributed by atoms with Crippen molar-refractivity contribution in [2.45, 2.75) is 39.4 Å². The van der Waals surface area contributed by atoms with Crippen molar-refractivity contribution in [3.8, 4) is 0 Å². The van der Waals surface area contributed by atoms with E-state index in [4.69, 9.17) is 5.73 Å². The average molecular weight is 251 g/mol. The summed E-state index contributed by atoms with van der Waals surface area (Å²) in [5, 5.41) is 9.57. The maximum absolute atomic E-state index is 9.57. The molecule has 3 N–H and O–H groups in total. The molecule has 1 aromatic heterocycles. The molecule has 0 radical (unpaired) electrons. The van der Waals surface area contributed by atoms with Gasteiger partial charge < -0.3 is 10.8 Å². The van der Waals surface area contributed by atoms with E-state index in [9.17, 15) is 5.11 Å². The minimum atomic E-state index is -0.0747. The molecule has 1 rings (SSSR count). The number of pyridine rings is 1. The normalized spacial score (nSPS) is 15.7. The lowest BCUT2D eigenvalue weighted by Gasteiger charge is -2.38. The highest BCUT2D eigenvalue weighted by molar-refractivity contribution is 5.09. The van der Waals surface area contributed by atoms with E-state index in [0.717, 1.165) is 6.54 Å². The zero-order chi connectivity index (χ0) is 13.8. The predicted molar refractivity (Wildman–Crippen MR) is 74.0 cm³/mol. The molecule has 2 unspecified atom stereocenters. The van der Waals surface area contributed by atoms with E-state index in [0.29, 0.717) is 0 Å². The van der Waals surface area contributed by atoms with E-state index in [-0.39, 0.29) is 24.1 Å². The number of aliphatic hydroxyl groups is 1. The van der Waals surface area contributed by atoms with E-state index < -0.39 is 0 Å². The Morgan fingerprint density at radius 2 is 1.89 bits per heavy atom. The summed E-state index contributed by atoms with van der Waals surface area (Å²) in [5.74, 6) is 0. The Morgan fingerprint density at radius 1 is 1.33 bits per heavy atom. The van der Waals surface area contributed by atoms with E-state index in [2.05, 4.69) is 30.7 Å². The quantitative estimate of drug-likeness (QED) is 0.826. The first-order valence-electron chi connectivity index (χ1n) is 6.32. The van der Waals surface area contributed by atoms with Gasteiger partial charge in [0.1, 0.15) is 0 Å². The standard InChI is InChI=1S/C14H25N3O/c1-14(2,3)13(15)12(10-18)17(4)9-11-5-7-16-8-6-11/h5-8,12-13,18H,9-10,15H2,1-4H3. The fraction of sp³-hybridized carbons (Fsp3) is 0.643. The smallest absolute Gasteiger partial charge is 0.0602 e. The average Bonchev–Trinajstić information content (AvgIpc) is 2.29. The Kier molecular flexibility index (Phi) is 5.26. The van der Waals surface area contributed by atoms with Crippen molar-refractivity contribution < 1.29 is 5.11 Å². The maximum atomic E-state index is 9.57. The number of likely N-dealkylation sites (N-methyl/N-ethyl adjacent to an activating group) is 1. The van der Waals surface area contributed by atoms with Gasteiger partial charge in [0.05, 0.1) is 6.61 Å². The summed E-state index contributed by atoms with van der Waals surface area (Å²) >= 11 is 0. The molecule has 0 saturated heterocycles. The minimum absolute atomic E-state index is 0.0279. The molecule has 4 nitrogen and oxygen atoms in total. The summed E-state index contributed by atoms with van der Waals surface area (Å²) in [6.07, 6.45) is 3.56. The van der Waals surface area contributed by atoms with E-state index in [1.54, 1.807) is 12.4 Å². The summed E-state index contributed by atoms with van der Waals surface area (Å²) in [6.45, 7) is 7.12. The van der Waals surface area contributed by atoms with Gasteiger partial charge in [0.15, 0.2) is 0 Å². The topological polar surface area (TPSA) is 62.4 Å². The molecular weight excluding hydrogens is 226 g/mol. The van der Waals surface area contributed by atoms with Crippen LogP contribution in [0.15, 0.2) is 24.5 Å². The first-order chi connectivity index (χ1) is 8.36. The predicted octanol–water partition coefficient (Wildman–Crippen LogP) is 1.25. The van der Waals surface area contributed by atoms with Crippen LogP contribution < -0.4 is 5.73 Å². The van der Waals surface area contributed by atoms with Crippen LogP contribution in [0.2, 0.25) is 0 Å². The zero-order valence-electron chi connectivity index (χ0n) is 11.8. The molecule has 1 heterocycles. The van der Waals surface area contributed by atoms with Gasteiger partial charge in [0.25, 0.3) is 0 Å². The van der Waals surface area contributed by atoms with Crippen molar-refractivity contribution in [3.05, 3.63) is 30.1 Å². The van der Waals surface area contributed by atoms with E-state index >= 15 is 0 Å². The molecule has 0 aliphatic carbocycles. The lowest BCUT2D eigenvalue weighted by Crippen LogP contribution is -2.54. The van der Waals surface area contributed by atoms with Gasteiger partial charge >= 0.3 is 0 Å². The molecule has 0 aliphatic rings. The highest BCUT2D eigenvalue weighted by Gasteiger charge is 2.31. The van der Waals surface area contributed by atoms with Crippen molar-refractivity contribution in [2.75, 3.05) is 13.7 Å². The molecule has 0 aliphatic heterocycles. The van der Waals surface area contributed by atoms with Crippen LogP contribution in [-0.4, -0.2) is 40.7 Å². The lowest BCUT2D eigenvalue weighted by atomic mass is 9.82. The Balaban J connectivity index is 2.71. The third-order valence-corrected chi connectivity index (χ3v) is 3.35. The van der Waals surface area contributed by atoms with Crippen LogP contribution in [0.5, 0.6) is 0 Å². The maximum Gasteiger partial charge on any atom is 0.0602 e. The first-order valence-corrected chi connectivity index (χ1v) is 6.32. The largest absolute Gasteiger partial charge is 0.395 e. The molecule has 18 heavy (non-hydrogen) atoms. The fourth-order valence-electron chi connectivity index (χ4n) is 2.00. The molecule has 0 saturated carbocycles. The van der Waals surface area contributed by atoms with Gasteiger partial charge in [0, 0.05) is 31.0 Å². The molecule has 0 spiro atoms. The van der Waals surface area contributed by atoms with Gasteiger partial charge in [-0.1, -0.05) is 20.8 Å². The van der Waals surface area contributed by atoms with Crippen molar-refractivity contribution in [1.82, 2.24) is 9.88 Å². The minimum Gasteiger partial charge on any atom is -0.395 e. The third-order valence-electron chi connectivity index (χ3n) is 3.35. The van der Waals surface area contributed by atoms with Crippen LogP contribution in [-0.2, 0) is 6.54 Å². The van der Waals surface area contributed by atoms with E-state index in [1.807, 2.05) is 19.2 Å². The van der Waals surface area contributed by atoms with Gasteiger partial charge in [-0.25, -0.2) is 0 Å². The van der Waals surface area contributed by atoms with Crippen molar-refractivity contribution >= 4 is 0 Å². The molecule has 1 aromatic rings. The van der Waals surface area contributed by atoms with Gasteiger partial charge in [-0.05, 0) is 30.2 Å². The highest BCUT2D eigenvalue weighted by atomic mass is 16.3. The zero-order valence-corrected chi connectivity index (χ0v) is 11.8. The molecule has 4 heteroatoms. The van der Waals surface area contributed by atoms with E-state index in [1.165, 1.54) is 5.56 Å². The summed E-state index contributed by atoms with van der Waals surface area (Å²) < 4.78 is 0. The second-order valence-corrected chi connectivity index (χ2v) is 5.91. The molecule has 2 atom stereocenters. The van der Waals surface area contributed by atoms with Crippen LogP contribution in [0.1, 0.15) is 26.3 Å². The number of aromatic nitrogens is 1. The number of aliphatic hydroxyl groups excluding tert-OH is 1. The van der Waals surface area contributed by atoms with Gasteiger partial charge in [-0.2, -0.15) is 0 Å². The second-order valence-electron chi connectivity index (χ2n) is 5.91. The Hall–Kier alpha value is -0.970. The number of nitrogens with zero attached hydrogens (tertiary/aromatic N) is 2. The Labute approximate surface area is 110 Å². The molecule has 0 bridgehead atoms.